The molecule has 0 atom stereocenters. The van der Waals surface area contributed by atoms with Gasteiger partial charge >= 0.3 is 0 Å². The lowest BCUT2D eigenvalue weighted by Crippen LogP contribution is -2.32. The number of halogens is 1. The van der Waals surface area contributed by atoms with Crippen molar-refractivity contribution in [3.05, 3.63) is 48.2 Å². The van der Waals surface area contributed by atoms with E-state index in [1.165, 1.54) is 99.1 Å². The summed E-state index contributed by atoms with van der Waals surface area (Å²) in [5.41, 5.74) is 4.64. The Hall–Kier alpha value is -1.47. The summed E-state index contributed by atoms with van der Waals surface area (Å²) in [7, 11) is 0. The molecule has 0 bridgehead atoms. The van der Waals surface area contributed by atoms with E-state index < -0.39 is 0 Å². The van der Waals surface area contributed by atoms with Crippen LogP contribution in [0, 0.1) is 5.92 Å². The molecular formula is C26H34ClN. The zero-order valence-electron chi connectivity index (χ0n) is 17.0. The minimum atomic E-state index is 0. The average molecular weight is 396 g/mol. The number of anilines is 1. The zero-order valence-corrected chi connectivity index (χ0v) is 17.9. The SMILES string of the molecule is C1=C(C2CCCCCC2)c2cccc3cccc(c23)N1C1CCCCCC1.Cl. The predicted octanol–water partition coefficient (Wildman–Crippen LogP) is 8.12. The third-order valence-electron chi connectivity index (χ3n) is 7.26. The molecule has 0 spiro atoms. The van der Waals surface area contributed by atoms with E-state index >= 15 is 0 Å². The highest BCUT2D eigenvalue weighted by Crippen LogP contribution is 2.45. The summed E-state index contributed by atoms with van der Waals surface area (Å²) >= 11 is 0. The Bertz CT molecular complexity index is 818. The molecule has 0 aromatic heterocycles. The Kier molecular flexibility index (Phi) is 6.31. The van der Waals surface area contributed by atoms with E-state index in [0.717, 1.165) is 5.92 Å². The molecule has 0 radical (unpaired) electrons. The van der Waals surface area contributed by atoms with Crippen LogP contribution in [0.3, 0.4) is 0 Å². The standard InChI is InChI=1S/C26H33N.ClH/c1-2-6-12-20(11-5-1)24-19-27(22-15-7-3-4-8-16-22)25-18-10-14-21-13-9-17-23(24)26(21)25;/h9-10,13-14,17-20,22H,1-8,11-12,15-16H2;1H. The maximum atomic E-state index is 2.71. The van der Waals surface area contributed by atoms with Crippen molar-refractivity contribution in [2.45, 2.75) is 83.1 Å². The van der Waals surface area contributed by atoms with E-state index in [1.54, 1.807) is 5.57 Å². The second-order valence-electron chi connectivity index (χ2n) is 9.01. The Balaban J connectivity index is 0.00000192. The normalized spacial score (nSPS) is 21.6. The summed E-state index contributed by atoms with van der Waals surface area (Å²) in [6, 6.07) is 14.6. The first-order valence-corrected chi connectivity index (χ1v) is 11.4. The highest BCUT2D eigenvalue weighted by Gasteiger charge is 2.29. The van der Waals surface area contributed by atoms with Gasteiger partial charge in [-0.3, -0.25) is 0 Å². The van der Waals surface area contributed by atoms with Gasteiger partial charge in [-0.1, -0.05) is 81.7 Å². The molecule has 1 nitrogen and oxygen atoms in total. The summed E-state index contributed by atoms with van der Waals surface area (Å²) in [6.45, 7) is 0. The van der Waals surface area contributed by atoms with E-state index in [1.807, 2.05) is 0 Å². The van der Waals surface area contributed by atoms with Crippen molar-refractivity contribution in [2.75, 3.05) is 4.90 Å². The molecule has 1 heterocycles. The second kappa shape index (κ2) is 8.91. The van der Waals surface area contributed by atoms with Crippen molar-refractivity contribution >= 4 is 34.4 Å². The number of nitrogens with zero attached hydrogens (tertiary/aromatic N) is 1. The largest absolute Gasteiger partial charge is 0.344 e. The molecule has 0 unspecified atom stereocenters. The van der Waals surface area contributed by atoms with Gasteiger partial charge in [0.15, 0.2) is 0 Å². The number of hydrogen-bond acceptors (Lipinski definition) is 1. The van der Waals surface area contributed by atoms with Gasteiger partial charge in [-0.25, -0.2) is 0 Å². The smallest absolute Gasteiger partial charge is 0.0494 e. The Morgan fingerprint density at radius 3 is 1.96 bits per heavy atom. The van der Waals surface area contributed by atoms with Gasteiger partial charge in [-0.15, -0.1) is 12.4 Å². The Morgan fingerprint density at radius 1 is 0.679 bits per heavy atom. The van der Waals surface area contributed by atoms with Crippen LogP contribution in [0.2, 0.25) is 0 Å². The number of allylic oxidation sites excluding steroid dienone is 1. The van der Waals surface area contributed by atoms with Gasteiger partial charge in [0.25, 0.3) is 0 Å². The zero-order chi connectivity index (χ0) is 18.1. The number of hydrogen-bond donors (Lipinski definition) is 0. The molecular weight excluding hydrogens is 362 g/mol. The van der Waals surface area contributed by atoms with Crippen LogP contribution in [-0.4, -0.2) is 6.04 Å². The van der Waals surface area contributed by atoms with Gasteiger partial charge in [0.05, 0.1) is 0 Å². The van der Waals surface area contributed by atoms with Gasteiger partial charge in [0.2, 0.25) is 0 Å². The van der Waals surface area contributed by atoms with Crippen molar-refractivity contribution in [1.29, 1.82) is 0 Å². The van der Waals surface area contributed by atoms with Crippen molar-refractivity contribution in [3.63, 3.8) is 0 Å². The van der Waals surface area contributed by atoms with Gasteiger partial charge < -0.3 is 4.90 Å². The third-order valence-corrected chi connectivity index (χ3v) is 7.26. The fourth-order valence-corrected chi connectivity index (χ4v) is 5.82. The van der Waals surface area contributed by atoms with Crippen LogP contribution < -0.4 is 4.90 Å². The average Bonchev–Trinajstić information content (AvgIpc) is 3.14. The van der Waals surface area contributed by atoms with Gasteiger partial charge in [-0.2, -0.15) is 0 Å². The van der Waals surface area contributed by atoms with Crippen LogP contribution in [0.5, 0.6) is 0 Å². The lowest BCUT2D eigenvalue weighted by Gasteiger charge is -2.37. The van der Waals surface area contributed by atoms with Crippen LogP contribution in [0.4, 0.5) is 5.69 Å². The Labute approximate surface area is 176 Å². The topological polar surface area (TPSA) is 3.24 Å². The number of benzene rings is 2. The van der Waals surface area contributed by atoms with E-state index in [2.05, 4.69) is 47.5 Å². The van der Waals surface area contributed by atoms with Crippen LogP contribution >= 0.6 is 12.4 Å². The van der Waals surface area contributed by atoms with Crippen molar-refractivity contribution < 1.29 is 0 Å². The molecule has 2 aromatic carbocycles. The fraction of sp³-hybridized carbons (Fsp3) is 0.538. The molecule has 1 aliphatic heterocycles. The van der Waals surface area contributed by atoms with Gasteiger partial charge in [-0.05, 0) is 54.2 Å². The summed E-state index contributed by atoms with van der Waals surface area (Å²) in [6.07, 6.45) is 19.4. The lowest BCUT2D eigenvalue weighted by atomic mass is 9.82. The predicted molar refractivity (Wildman–Crippen MR) is 124 cm³/mol. The van der Waals surface area contributed by atoms with Crippen LogP contribution in [0.1, 0.15) is 82.6 Å². The molecule has 28 heavy (non-hydrogen) atoms. The summed E-state index contributed by atoms with van der Waals surface area (Å²) < 4.78 is 0. The fourth-order valence-electron chi connectivity index (χ4n) is 5.82. The first kappa shape index (κ1) is 19.8. The van der Waals surface area contributed by atoms with E-state index in [9.17, 15) is 0 Å². The lowest BCUT2D eigenvalue weighted by molar-refractivity contribution is 0.553. The first-order chi connectivity index (χ1) is 13.4. The Morgan fingerprint density at radius 2 is 1.29 bits per heavy atom. The highest BCUT2D eigenvalue weighted by molar-refractivity contribution is 6.05. The molecule has 2 saturated carbocycles. The first-order valence-electron chi connectivity index (χ1n) is 11.4. The summed E-state index contributed by atoms with van der Waals surface area (Å²) in [5.74, 6) is 0.750. The molecule has 2 aromatic rings. The highest BCUT2D eigenvalue weighted by atomic mass is 35.5. The molecule has 0 amide bonds. The van der Waals surface area contributed by atoms with Crippen molar-refractivity contribution in [1.82, 2.24) is 0 Å². The summed E-state index contributed by atoms with van der Waals surface area (Å²) in [5, 5.41) is 2.94. The van der Waals surface area contributed by atoms with Crippen LogP contribution in [0.15, 0.2) is 42.6 Å². The van der Waals surface area contributed by atoms with Crippen molar-refractivity contribution in [3.8, 4) is 0 Å². The maximum Gasteiger partial charge on any atom is 0.0494 e. The molecule has 5 rings (SSSR count). The van der Waals surface area contributed by atoms with Gasteiger partial charge in [0, 0.05) is 23.3 Å². The monoisotopic (exact) mass is 395 g/mol. The maximum absolute atomic E-state index is 2.71. The van der Waals surface area contributed by atoms with E-state index in [0.29, 0.717) is 6.04 Å². The van der Waals surface area contributed by atoms with E-state index in [4.69, 9.17) is 0 Å². The molecule has 2 fully saturated rings. The van der Waals surface area contributed by atoms with E-state index in [-0.39, 0.29) is 12.4 Å². The summed E-state index contributed by atoms with van der Waals surface area (Å²) in [4.78, 5) is 2.71. The third kappa shape index (κ3) is 3.71. The molecule has 0 N–H and O–H groups in total. The minimum absolute atomic E-state index is 0. The number of rotatable bonds is 2. The molecule has 2 heteroatoms. The van der Waals surface area contributed by atoms with Gasteiger partial charge in [0.1, 0.15) is 0 Å². The molecule has 3 aliphatic rings. The quantitative estimate of drug-likeness (QED) is 0.464. The molecule has 150 valence electrons. The van der Waals surface area contributed by atoms with Crippen LogP contribution in [0.25, 0.3) is 16.3 Å². The second-order valence-corrected chi connectivity index (χ2v) is 9.01. The molecule has 2 aliphatic carbocycles. The van der Waals surface area contributed by atoms with Crippen LogP contribution in [-0.2, 0) is 0 Å². The minimum Gasteiger partial charge on any atom is -0.344 e. The molecule has 0 saturated heterocycles. The van der Waals surface area contributed by atoms with Crippen molar-refractivity contribution in [2.24, 2.45) is 5.92 Å².